The van der Waals surface area contributed by atoms with Gasteiger partial charge in [0, 0.05) is 37.2 Å². The van der Waals surface area contributed by atoms with Gasteiger partial charge in [0.05, 0.1) is 6.54 Å². The van der Waals surface area contributed by atoms with Crippen molar-refractivity contribution >= 4 is 5.82 Å². The highest BCUT2D eigenvalue weighted by Crippen LogP contribution is 2.12. The number of rotatable bonds is 5. The predicted octanol–water partition coefficient (Wildman–Crippen LogP) is 2.80. The second kappa shape index (κ2) is 5.08. The molecule has 1 unspecified atom stereocenters. The van der Waals surface area contributed by atoms with E-state index in [4.69, 9.17) is 0 Å². The average molecular weight is 232 g/mol. The van der Waals surface area contributed by atoms with E-state index in [-0.39, 0.29) is 0 Å². The van der Waals surface area contributed by atoms with Gasteiger partial charge >= 0.3 is 0 Å². The van der Waals surface area contributed by atoms with Crippen LogP contribution in [0.4, 0.5) is 5.82 Å². The third-order valence-electron chi connectivity index (χ3n) is 3.15. The fourth-order valence-electron chi connectivity index (χ4n) is 1.73. The summed E-state index contributed by atoms with van der Waals surface area (Å²) in [5, 5.41) is 7.84. The molecule has 1 atom stereocenters. The molecule has 0 saturated heterocycles. The molecule has 4 heteroatoms. The summed E-state index contributed by atoms with van der Waals surface area (Å²) in [6.07, 6.45) is 5.18. The Labute approximate surface area is 102 Å². The fourth-order valence-corrected chi connectivity index (χ4v) is 1.73. The third kappa shape index (κ3) is 2.70. The van der Waals surface area contributed by atoms with Crippen LogP contribution in [-0.4, -0.2) is 14.3 Å². The van der Waals surface area contributed by atoms with Crippen molar-refractivity contribution in [2.45, 2.75) is 32.9 Å². The van der Waals surface area contributed by atoms with Gasteiger partial charge in [0.2, 0.25) is 0 Å². The second-order valence-corrected chi connectivity index (χ2v) is 4.40. The normalized spacial score (nSPS) is 12.6. The topological polar surface area (TPSA) is 34.8 Å². The number of nitrogens with zero attached hydrogens (tertiary/aromatic N) is 3. The molecule has 17 heavy (non-hydrogen) atoms. The van der Waals surface area contributed by atoms with Crippen LogP contribution in [0.2, 0.25) is 0 Å². The van der Waals surface area contributed by atoms with Crippen LogP contribution in [0.25, 0.3) is 0 Å². The first-order chi connectivity index (χ1) is 8.20. The van der Waals surface area contributed by atoms with E-state index in [1.807, 2.05) is 16.9 Å². The SMILES string of the molecule is CCC(C)n1ccc(NCc2cccn2C)n1. The number of anilines is 1. The lowest BCUT2D eigenvalue weighted by molar-refractivity contribution is 0.479. The van der Waals surface area contributed by atoms with Gasteiger partial charge in [0.25, 0.3) is 0 Å². The van der Waals surface area contributed by atoms with Crippen molar-refractivity contribution in [3.8, 4) is 0 Å². The zero-order valence-corrected chi connectivity index (χ0v) is 10.7. The lowest BCUT2D eigenvalue weighted by Gasteiger charge is -2.08. The van der Waals surface area contributed by atoms with Gasteiger partial charge in [-0.2, -0.15) is 5.10 Å². The van der Waals surface area contributed by atoms with Crippen LogP contribution >= 0.6 is 0 Å². The highest BCUT2D eigenvalue weighted by atomic mass is 15.3. The van der Waals surface area contributed by atoms with Gasteiger partial charge in [0.1, 0.15) is 5.82 Å². The Morgan fingerprint density at radius 2 is 2.18 bits per heavy atom. The molecular weight excluding hydrogens is 212 g/mol. The Bertz CT molecular complexity index is 469. The quantitative estimate of drug-likeness (QED) is 0.860. The van der Waals surface area contributed by atoms with Gasteiger partial charge in [-0.3, -0.25) is 4.68 Å². The summed E-state index contributed by atoms with van der Waals surface area (Å²) in [6.45, 7) is 5.15. The van der Waals surface area contributed by atoms with Crippen molar-refractivity contribution in [1.82, 2.24) is 14.3 Å². The van der Waals surface area contributed by atoms with Crippen molar-refractivity contribution in [2.24, 2.45) is 7.05 Å². The van der Waals surface area contributed by atoms with Crippen molar-refractivity contribution in [2.75, 3.05) is 5.32 Å². The molecule has 4 nitrogen and oxygen atoms in total. The largest absolute Gasteiger partial charge is 0.363 e. The lowest BCUT2D eigenvalue weighted by Crippen LogP contribution is -2.07. The monoisotopic (exact) mass is 232 g/mol. The molecule has 0 aromatic carbocycles. The van der Waals surface area contributed by atoms with Crippen LogP contribution in [0.3, 0.4) is 0 Å². The molecule has 0 aliphatic heterocycles. The van der Waals surface area contributed by atoms with E-state index in [9.17, 15) is 0 Å². The van der Waals surface area contributed by atoms with Gasteiger partial charge in [0.15, 0.2) is 0 Å². The van der Waals surface area contributed by atoms with Gasteiger partial charge in [-0.15, -0.1) is 0 Å². The molecule has 2 rings (SSSR count). The molecule has 0 amide bonds. The van der Waals surface area contributed by atoms with E-state index < -0.39 is 0 Å². The van der Waals surface area contributed by atoms with Gasteiger partial charge in [-0.25, -0.2) is 0 Å². The van der Waals surface area contributed by atoms with Crippen LogP contribution in [0.1, 0.15) is 32.0 Å². The van der Waals surface area contributed by atoms with E-state index in [0.717, 1.165) is 18.8 Å². The number of nitrogens with one attached hydrogen (secondary N) is 1. The van der Waals surface area contributed by atoms with E-state index in [1.54, 1.807) is 0 Å². The zero-order valence-electron chi connectivity index (χ0n) is 10.7. The standard InChI is InChI=1S/C13H20N4/c1-4-11(2)17-9-7-13(15-17)14-10-12-6-5-8-16(12)3/h5-9,11H,4,10H2,1-3H3,(H,14,15). The minimum atomic E-state index is 0.459. The van der Waals surface area contributed by atoms with Crippen molar-refractivity contribution in [1.29, 1.82) is 0 Å². The van der Waals surface area contributed by atoms with Crippen LogP contribution < -0.4 is 5.32 Å². The summed E-state index contributed by atoms with van der Waals surface area (Å²) in [5.41, 5.74) is 1.25. The molecule has 0 bridgehead atoms. The Kier molecular flexibility index (Phi) is 3.52. The number of aromatic nitrogens is 3. The Morgan fingerprint density at radius 1 is 1.35 bits per heavy atom. The van der Waals surface area contributed by atoms with Crippen molar-refractivity contribution < 1.29 is 0 Å². The summed E-state index contributed by atoms with van der Waals surface area (Å²) in [5.74, 6) is 0.937. The molecule has 0 saturated carbocycles. The average Bonchev–Trinajstić information content (AvgIpc) is 2.94. The lowest BCUT2D eigenvalue weighted by atomic mass is 10.3. The third-order valence-corrected chi connectivity index (χ3v) is 3.15. The molecule has 92 valence electrons. The smallest absolute Gasteiger partial charge is 0.148 e. The summed E-state index contributed by atoms with van der Waals surface area (Å²) >= 11 is 0. The van der Waals surface area contributed by atoms with Crippen molar-refractivity contribution in [3.63, 3.8) is 0 Å². The van der Waals surface area contributed by atoms with E-state index >= 15 is 0 Å². The summed E-state index contributed by atoms with van der Waals surface area (Å²) < 4.78 is 4.12. The Morgan fingerprint density at radius 3 is 2.82 bits per heavy atom. The van der Waals surface area contributed by atoms with Gasteiger partial charge in [-0.05, 0) is 25.5 Å². The Balaban J connectivity index is 1.96. The molecule has 2 aromatic rings. The highest BCUT2D eigenvalue weighted by Gasteiger charge is 2.04. The first-order valence-corrected chi connectivity index (χ1v) is 6.10. The second-order valence-electron chi connectivity index (χ2n) is 4.40. The summed E-state index contributed by atoms with van der Waals surface area (Å²) in [7, 11) is 2.05. The molecule has 0 spiro atoms. The Hall–Kier alpha value is -1.71. The summed E-state index contributed by atoms with van der Waals surface area (Å²) in [6, 6.07) is 6.64. The molecule has 2 heterocycles. The maximum absolute atomic E-state index is 4.51. The van der Waals surface area contributed by atoms with Gasteiger partial charge in [-0.1, -0.05) is 6.92 Å². The summed E-state index contributed by atoms with van der Waals surface area (Å²) in [4.78, 5) is 0. The van der Waals surface area contributed by atoms with Crippen molar-refractivity contribution in [3.05, 3.63) is 36.3 Å². The maximum atomic E-state index is 4.51. The van der Waals surface area contributed by atoms with E-state index in [0.29, 0.717) is 6.04 Å². The number of aryl methyl sites for hydroxylation is 1. The first-order valence-electron chi connectivity index (χ1n) is 6.10. The molecule has 0 fully saturated rings. The highest BCUT2D eigenvalue weighted by molar-refractivity contribution is 5.33. The molecule has 0 radical (unpaired) electrons. The number of hydrogen-bond acceptors (Lipinski definition) is 2. The molecular formula is C13H20N4. The van der Waals surface area contributed by atoms with E-state index in [2.05, 4.69) is 54.2 Å². The molecule has 0 aliphatic rings. The van der Waals surface area contributed by atoms with Crippen LogP contribution in [-0.2, 0) is 13.6 Å². The molecule has 0 aliphatic carbocycles. The zero-order chi connectivity index (χ0) is 12.3. The van der Waals surface area contributed by atoms with Crippen LogP contribution in [0, 0.1) is 0 Å². The van der Waals surface area contributed by atoms with E-state index in [1.165, 1.54) is 5.69 Å². The minimum Gasteiger partial charge on any atom is -0.363 e. The first kappa shape index (κ1) is 11.8. The minimum absolute atomic E-state index is 0.459. The fraction of sp³-hybridized carbons (Fsp3) is 0.462. The predicted molar refractivity (Wildman–Crippen MR) is 70.0 cm³/mol. The molecule has 1 N–H and O–H groups in total. The molecule has 2 aromatic heterocycles. The van der Waals surface area contributed by atoms with Crippen LogP contribution in [0.15, 0.2) is 30.6 Å². The number of hydrogen-bond donors (Lipinski definition) is 1. The van der Waals surface area contributed by atoms with Gasteiger partial charge < -0.3 is 9.88 Å². The maximum Gasteiger partial charge on any atom is 0.148 e. The van der Waals surface area contributed by atoms with Crippen LogP contribution in [0.5, 0.6) is 0 Å².